The quantitative estimate of drug-likeness (QED) is 0.495. The van der Waals surface area contributed by atoms with E-state index in [2.05, 4.69) is 20.4 Å². The van der Waals surface area contributed by atoms with Crippen LogP contribution >= 0.6 is 0 Å². The predicted octanol–water partition coefficient (Wildman–Crippen LogP) is 3.26. The largest absolute Gasteiger partial charge is 0.349 e. The Morgan fingerprint density at radius 2 is 1.97 bits per heavy atom. The summed E-state index contributed by atoms with van der Waals surface area (Å²) in [5.41, 5.74) is 2.89. The number of imidazole rings is 1. The molecule has 0 radical (unpaired) electrons. The van der Waals surface area contributed by atoms with Crippen molar-refractivity contribution < 1.29 is 4.79 Å². The smallest absolute Gasteiger partial charge is 0.290 e. The average Bonchev–Trinajstić information content (AvgIpc) is 3.42. The minimum absolute atomic E-state index is 0.160. The molecular weight excluding hydrogens is 364 g/mol. The van der Waals surface area contributed by atoms with Crippen LogP contribution in [0.5, 0.6) is 0 Å². The van der Waals surface area contributed by atoms with Crippen LogP contribution in [0.3, 0.4) is 0 Å². The van der Waals surface area contributed by atoms with Gasteiger partial charge in [0.15, 0.2) is 5.82 Å². The lowest BCUT2D eigenvalue weighted by molar-refractivity contribution is 0.0942. The summed E-state index contributed by atoms with van der Waals surface area (Å²) < 4.78 is 3.70. The van der Waals surface area contributed by atoms with Gasteiger partial charge < -0.3 is 9.88 Å². The summed E-state index contributed by atoms with van der Waals surface area (Å²) in [6, 6.07) is 17.7. The maximum Gasteiger partial charge on any atom is 0.290 e. The summed E-state index contributed by atoms with van der Waals surface area (Å²) >= 11 is 0. The number of amides is 1. The molecule has 0 saturated carbocycles. The number of carbonyl (C=O) groups is 1. The zero-order valence-corrected chi connectivity index (χ0v) is 16.2. The van der Waals surface area contributed by atoms with Gasteiger partial charge in [-0.1, -0.05) is 42.5 Å². The van der Waals surface area contributed by atoms with Gasteiger partial charge in [-0.3, -0.25) is 4.79 Å². The van der Waals surface area contributed by atoms with Crippen LogP contribution in [0.25, 0.3) is 17.1 Å². The molecule has 0 aliphatic carbocycles. The maximum atomic E-state index is 12.6. The van der Waals surface area contributed by atoms with Crippen LogP contribution in [0.4, 0.5) is 0 Å². The number of hydrogen-bond acceptors (Lipinski definition) is 4. The van der Waals surface area contributed by atoms with Gasteiger partial charge in [0.2, 0.25) is 5.82 Å². The number of rotatable bonds is 7. The molecule has 0 atom stereocenters. The summed E-state index contributed by atoms with van der Waals surface area (Å²) in [6.07, 6.45) is 6.20. The van der Waals surface area contributed by atoms with Crippen LogP contribution in [0.15, 0.2) is 73.3 Å². The van der Waals surface area contributed by atoms with Gasteiger partial charge in [0.1, 0.15) is 0 Å². The van der Waals surface area contributed by atoms with Crippen molar-refractivity contribution in [2.24, 2.45) is 0 Å². The number of hydrogen-bond donors (Lipinski definition) is 1. The summed E-state index contributed by atoms with van der Waals surface area (Å²) in [5.74, 6) is 0.520. The highest BCUT2D eigenvalue weighted by atomic mass is 16.2. The van der Waals surface area contributed by atoms with E-state index in [-0.39, 0.29) is 11.7 Å². The first-order chi connectivity index (χ1) is 14.2. The number of aryl methyl sites for hydroxylation is 2. The van der Waals surface area contributed by atoms with E-state index < -0.39 is 0 Å². The second-order valence-corrected chi connectivity index (χ2v) is 6.79. The van der Waals surface area contributed by atoms with Gasteiger partial charge in [-0.15, -0.1) is 5.10 Å². The maximum absolute atomic E-state index is 12.6. The molecule has 7 heteroatoms. The third-order valence-corrected chi connectivity index (χ3v) is 4.53. The first kappa shape index (κ1) is 18.6. The lowest BCUT2D eigenvalue weighted by atomic mass is 10.2. The number of nitrogens with one attached hydrogen (secondary N) is 1. The van der Waals surface area contributed by atoms with Crippen LogP contribution in [0, 0.1) is 6.92 Å². The average molecular weight is 386 g/mol. The van der Waals surface area contributed by atoms with Gasteiger partial charge in [0.25, 0.3) is 5.91 Å². The number of carbonyl (C=O) groups excluding carboxylic acids is 1. The first-order valence-corrected chi connectivity index (χ1v) is 9.54. The van der Waals surface area contributed by atoms with Crippen molar-refractivity contribution in [1.82, 2.24) is 29.6 Å². The Morgan fingerprint density at radius 3 is 2.72 bits per heavy atom. The molecule has 29 heavy (non-hydrogen) atoms. The Labute approximate surface area is 169 Å². The molecule has 4 aromatic rings. The molecule has 7 nitrogen and oxygen atoms in total. The minimum atomic E-state index is -0.279. The van der Waals surface area contributed by atoms with Crippen molar-refractivity contribution in [3.05, 3.63) is 84.7 Å². The van der Waals surface area contributed by atoms with Crippen LogP contribution in [0.2, 0.25) is 0 Å². The second kappa shape index (κ2) is 8.52. The van der Waals surface area contributed by atoms with Gasteiger partial charge in [-0.05, 0) is 31.0 Å². The Bertz CT molecular complexity index is 1090. The zero-order chi connectivity index (χ0) is 20.1. The normalized spacial score (nSPS) is 10.8. The summed E-state index contributed by atoms with van der Waals surface area (Å²) in [7, 11) is 0. The zero-order valence-electron chi connectivity index (χ0n) is 16.2. The Balaban J connectivity index is 1.55. The SMILES string of the molecule is Cc1cccc(-n2nc(C(=O)NCCCn3ccnc3)nc2-c2ccccc2)c1. The number of aromatic nitrogens is 5. The fourth-order valence-electron chi connectivity index (χ4n) is 3.08. The molecule has 1 amide bonds. The van der Waals surface area contributed by atoms with Gasteiger partial charge >= 0.3 is 0 Å². The monoisotopic (exact) mass is 386 g/mol. The van der Waals surface area contributed by atoms with Crippen molar-refractivity contribution in [3.63, 3.8) is 0 Å². The standard InChI is InChI=1S/C22H22N6O/c1-17-7-5-10-19(15-17)28-21(18-8-3-2-4-9-18)25-20(26-28)22(29)24-11-6-13-27-14-12-23-16-27/h2-5,7-10,12,14-16H,6,11,13H2,1H3,(H,24,29). The molecule has 1 N–H and O–H groups in total. The van der Waals surface area contributed by atoms with Gasteiger partial charge in [-0.25, -0.2) is 14.6 Å². The minimum Gasteiger partial charge on any atom is -0.349 e. The molecule has 0 aliphatic rings. The van der Waals surface area contributed by atoms with Crippen molar-refractivity contribution >= 4 is 5.91 Å². The number of benzene rings is 2. The van der Waals surface area contributed by atoms with E-state index in [4.69, 9.17) is 0 Å². The molecule has 0 unspecified atom stereocenters. The van der Waals surface area contributed by atoms with E-state index in [9.17, 15) is 4.79 Å². The van der Waals surface area contributed by atoms with Crippen LogP contribution in [-0.4, -0.2) is 36.8 Å². The molecule has 2 aromatic carbocycles. The van der Waals surface area contributed by atoms with E-state index in [0.29, 0.717) is 12.4 Å². The van der Waals surface area contributed by atoms with Crippen molar-refractivity contribution in [2.75, 3.05) is 6.54 Å². The molecule has 146 valence electrons. The highest BCUT2D eigenvalue weighted by molar-refractivity contribution is 5.91. The molecule has 2 heterocycles. The lowest BCUT2D eigenvalue weighted by Crippen LogP contribution is -2.26. The van der Waals surface area contributed by atoms with E-state index in [1.165, 1.54) is 0 Å². The van der Waals surface area contributed by atoms with Gasteiger partial charge in [0, 0.05) is 31.0 Å². The second-order valence-electron chi connectivity index (χ2n) is 6.79. The molecular formula is C22H22N6O. The third-order valence-electron chi connectivity index (χ3n) is 4.53. The fraction of sp³-hybridized carbons (Fsp3) is 0.182. The molecule has 4 rings (SSSR count). The van der Waals surface area contributed by atoms with Crippen LogP contribution in [0.1, 0.15) is 22.6 Å². The molecule has 0 saturated heterocycles. The van der Waals surface area contributed by atoms with Crippen LogP contribution in [-0.2, 0) is 6.54 Å². The van der Waals surface area contributed by atoms with E-state index in [1.54, 1.807) is 17.2 Å². The van der Waals surface area contributed by atoms with Crippen molar-refractivity contribution in [3.8, 4) is 17.1 Å². The molecule has 0 fully saturated rings. The van der Waals surface area contributed by atoms with Gasteiger partial charge in [0.05, 0.1) is 12.0 Å². The lowest BCUT2D eigenvalue weighted by Gasteiger charge is -2.06. The van der Waals surface area contributed by atoms with Crippen molar-refractivity contribution in [2.45, 2.75) is 19.9 Å². The summed E-state index contributed by atoms with van der Waals surface area (Å²) in [4.78, 5) is 21.2. The fourth-order valence-corrected chi connectivity index (χ4v) is 3.08. The van der Waals surface area contributed by atoms with Gasteiger partial charge in [-0.2, -0.15) is 0 Å². The predicted molar refractivity (Wildman–Crippen MR) is 111 cm³/mol. The van der Waals surface area contributed by atoms with E-state index in [0.717, 1.165) is 29.8 Å². The number of nitrogens with zero attached hydrogens (tertiary/aromatic N) is 5. The summed E-state index contributed by atoms with van der Waals surface area (Å²) in [6.45, 7) is 3.36. The first-order valence-electron chi connectivity index (χ1n) is 9.54. The Morgan fingerprint density at radius 1 is 1.10 bits per heavy atom. The third kappa shape index (κ3) is 4.40. The highest BCUT2D eigenvalue weighted by Gasteiger charge is 2.18. The molecule has 0 spiro atoms. The topological polar surface area (TPSA) is 77.6 Å². The van der Waals surface area contributed by atoms with E-state index in [1.807, 2.05) is 72.3 Å². The Hall–Kier alpha value is -3.74. The van der Waals surface area contributed by atoms with Crippen molar-refractivity contribution in [1.29, 1.82) is 0 Å². The molecule has 0 bridgehead atoms. The molecule has 2 aromatic heterocycles. The Kier molecular flexibility index (Phi) is 5.47. The molecule has 0 aliphatic heterocycles. The highest BCUT2D eigenvalue weighted by Crippen LogP contribution is 2.21. The summed E-state index contributed by atoms with van der Waals surface area (Å²) in [5, 5.41) is 7.41. The van der Waals surface area contributed by atoms with Crippen LogP contribution < -0.4 is 5.32 Å². The van der Waals surface area contributed by atoms with E-state index >= 15 is 0 Å².